The van der Waals surface area contributed by atoms with Gasteiger partial charge < -0.3 is 5.11 Å². The lowest BCUT2D eigenvalue weighted by Gasteiger charge is -2.24. The molecular weight excluding hydrogens is 374 g/mol. The maximum absolute atomic E-state index is 13.1. The highest BCUT2D eigenvalue weighted by Gasteiger charge is 2.25. The summed E-state index contributed by atoms with van der Waals surface area (Å²) in [5, 5.41) is 11.6. The fourth-order valence-electron chi connectivity index (χ4n) is 2.50. The third kappa shape index (κ3) is 3.83. The molecule has 1 unspecified atom stereocenters. The van der Waals surface area contributed by atoms with Crippen LogP contribution in [0.5, 0.6) is 0 Å². The van der Waals surface area contributed by atoms with Gasteiger partial charge in [-0.05, 0) is 47.3 Å². The minimum atomic E-state index is -0.978. The molecule has 1 heterocycles. The molecule has 0 bridgehead atoms. The summed E-state index contributed by atoms with van der Waals surface area (Å²) in [4.78, 5) is 0. The zero-order valence-electron chi connectivity index (χ0n) is 12.1. The van der Waals surface area contributed by atoms with Crippen molar-refractivity contribution in [1.82, 2.24) is 0 Å². The van der Waals surface area contributed by atoms with Gasteiger partial charge in [0.1, 0.15) is 11.9 Å². The molecule has 0 spiro atoms. The molecule has 3 rings (SSSR count). The Balaban J connectivity index is 1.99. The van der Waals surface area contributed by atoms with Gasteiger partial charge in [-0.15, -0.1) is 23.5 Å². The van der Waals surface area contributed by atoms with E-state index in [-0.39, 0.29) is 10.4 Å². The van der Waals surface area contributed by atoms with E-state index in [0.29, 0.717) is 21.2 Å². The molecule has 1 atom stereocenters. The molecule has 1 saturated heterocycles. The predicted molar refractivity (Wildman–Crippen MR) is 99.2 cm³/mol. The molecule has 2 aromatic rings. The van der Waals surface area contributed by atoms with Gasteiger partial charge in [0.2, 0.25) is 0 Å². The normalized spacial score (nSPS) is 17.2. The van der Waals surface area contributed by atoms with E-state index in [4.69, 9.17) is 23.2 Å². The number of halogens is 3. The van der Waals surface area contributed by atoms with Crippen molar-refractivity contribution in [3.05, 3.63) is 69.0 Å². The lowest BCUT2D eigenvalue weighted by Crippen LogP contribution is -2.06. The van der Waals surface area contributed by atoms with Crippen molar-refractivity contribution in [1.29, 1.82) is 0 Å². The van der Waals surface area contributed by atoms with Crippen molar-refractivity contribution in [2.45, 2.75) is 17.1 Å². The summed E-state index contributed by atoms with van der Waals surface area (Å²) in [6.07, 6.45) is 0.219. The van der Waals surface area contributed by atoms with E-state index in [2.05, 4.69) is 0 Å². The Morgan fingerprint density at radius 3 is 2.35 bits per heavy atom. The average Bonchev–Trinajstić information content (AvgIpc) is 2.56. The first kappa shape index (κ1) is 17.4. The van der Waals surface area contributed by atoms with E-state index in [9.17, 15) is 9.50 Å². The van der Waals surface area contributed by atoms with Gasteiger partial charge in [-0.3, -0.25) is 0 Å². The van der Waals surface area contributed by atoms with E-state index in [1.54, 1.807) is 18.2 Å². The maximum atomic E-state index is 13.1. The van der Waals surface area contributed by atoms with E-state index in [0.717, 1.165) is 17.1 Å². The number of benzene rings is 2. The Labute approximate surface area is 153 Å². The number of thioether (sulfide) groups is 2. The zero-order chi connectivity index (χ0) is 16.4. The second kappa shape index (κ2) is 7.66. The summed E-state index contributed by atoms with van der Waals surface area (Å²) < 4.78 is 13.3. The van der Waals surface area contributed by atoms with E-state index >= 15 is 0 Å². The van der Waals surface area contributed by atoms with Gasteiger partial charge in [-0.2, -0.15) is 0 Å². The first-order valence-corrected chi connectivity index (χ1v) is 10.1. The first-order valence-electron chi connectivity index (χ1n) is 7.22. The number of rotatable bonds is 3. The summed E-state index contributed by atoms with van der Waals surface area (Å²) in [5.41, 5.74) is 2.04. The Hall–Kier alpha value is -0.390. The summed E-state index contributed by atoms with van der Waals surface area (Å²) >= 11 is 16.6. The molecule has 1 aliphatic heterocycles. The van der Waals surface area contributed by atoms with E-state index < -0.39 is 6.10 Å². The number of hydrogen-bond acceptors (Lipinski definition) is 3. The summed E-state index contributed by atoms with van der Waals surface area (Å²) in [6, 6.07) is 9.43. The highest BCUT2D eigenvalue weighted by molar-refractivity contribution is 8.16. The summed E-state index contributed by atoms with van der Waals surface area (Å²) in [7, 11) is 0. The zero-order valence-corrected chi connectivity index (χ0v) is 15.3. The van der Waals surface area contributed by atoms with E-state index in [1.807, 2.05) is 29.6 Å². The molecule has 1 fully saturated rings. The van der Waals surface area contributed by atoms with Crippen LogP contribution >= 0.6 is 46.7 Å². The van der Waals surface area contributed by atoms with Gasteiger partial charge in [0.15, 0.2) is 0 Å². The molecule has 6 heteroatoms. The largest absolute Gasteiger partial charge is 0.384 e. The van der Waals surface area contributed by atoms with Gasteiger partial charge in [0.25, 0.3) is 0 Å². The fraction of sp³-hybridized carbons (Fsp3) is 0.294. The Morgan fingerprint density at radius 2 is 1.70 bits per heavy atom. The van der Waals surface area contributed by atoms with Crippen molar-refractivity contribution in [3.8, 4) is 0 Å². The monoisotopic (exact) mass is 388 g/mol. The topological polar surface area (TPSA) is 20.2 Å². The van der Waals surface area contributed by atoms with Crippen molar-refractivity contribution < 1.29 is 9.50 Å². The van der Waals surface area contributed by atoms with Crippen LogP contribution in [0.3, 0.4) is 0 Å². The maximum Gasteiger partial charge on any atom is 0.123 e. The molecule has 0 aromatic heterocycles. The summed E-state index contributed by atoms with van der Waals surface area (Å²) in [6.45, 7) is 0. The minimum absolute atomic E-state index is 0.257. The van der Waals surface area contributed by atoms with Crippen molar-refractivity contribution in [3.63, 3.8) is 0 Å². The molecule has 0 radical (unpaired) electrons. The molecule has 2 aromatic carbocycles. The second-order valence-corrected chi connectivity index (χ2v) is 8.75. The third-order valence-electron chi connectivity index (χ3n) is 3.70. The van der Waals surface area contributed by atoms with Crippen molar-refractivity contribution in [2.24, 2.45) is 0 Å². The molecule has 0 amide bonds. The lowest BCUT2D eigenvalue weighted by atomic mass is 9.99. The summed E-state index contributed by atoms with van der Waals surface area (Å²) in [5.74, 6) is 1.86. The number of hydrogen-bond donors (Lipinski definition) is 1. The van der Waals surface area contributed by atoms with Crippen molar-refractivity contribution >= 4 is 46.7 Å². The smallest absolute Gasteiger partial charge is 0.123 e. The van der Waals surface area contributed by atoms with Crippen LogP contribution in [0.25, 0.3) is 0 Å². The van der Waals surface area contributed by atoms with Crippen LogP contribution in [0.1, 0.15) is 33.8 Å². The van der Waals surface area contributed by atoms with E-state index in [1.165, 1.54) is 18.6 Å². The second-order valence-electron chi connectivity index (χ2n) is 5.25. The highest BCUT2D eigenvalue weighted by atomic mass is 35.5. The van der Waals surface area contributed by atoms with Crippen LogP contribution in [0.4, 0.5) is 4.39 Å². The number of aliphatic hydroxyl groups excluding tert-OH is 1. The number of aliphatic hydroxyl groups is 1. The predicted octanol–water partition coefficient (Wildman–Crippen LogP) is 6.08. The van der Waals surface area contributed by atoms with Crippen LogP contribution in [0.15, 0.2) is 36.4 Å². The molecule has 1 N–H and O–H groups in total. The van der Waals surface area contributed by atoms with Gasteiger partial charge in [-0.25, -0.2) is 4.39 Å². The molecule has 1 aliphatic rings. The first-order chi connectivity index (χ1) is 11.1. The minimum Gasteiger partial charge on any atom is -0.384 e. The van der Waals surface area contributed by atoms with Gasteiger partial charge in [0.05, 0.1) is 9.60 Å². The Bertz CT molecular complexity index is 688. The Morgan fingerprint density at radius 1 is 1.04 bits per heavy atom. The molecule has 0 aliphatic carbocycles. The lowest BCUT2D eigenvalue weighted by molar-refractivity contribution is 0.220. The fourth-order valence-corrected chi connectivity index (χ4v) is 6.26. The molecule has 1 nitrogen and oxygen atoms in total. The van der Waals surface area contributed by atoms with Crippen LogP contribution in [0.2, 0.25) is 10.0 Å². The van der Waals surface area contributed by atoms with Gasteiger partial charge >= 0.3 is 0 Å². The third-order valence-corrected chi connectivity index (χ3v) is 7.43. The van der Waals surface area contributed by atoms with Crippen LogP contribution < -0.4 is 0 Å². The van der Waals surface area contributed by atoms with Gasteiger partial charge in [0, 0.05) is 10.6 Å². The quantitative estimate of drug-likeness (QED) is 0.687. The standard InChI is InChI=1S/C17H15Cl2FOS2/c18-13-7-6-12(17-22-8-1-9-23-17)15(19)14(13)16(21)10-2-4-11(20)5-3-10/h2-7,16-17,21H,1,8-9H2. The van der Waals surface area contributed by atoms with Crippen LogP contribution in [-0.4, -0.2) is 16.6 Å². The average molecular weight is 389 g/mol. The van der Waals surface area contributed by atoms with Crippen molar-refractivity contribution in [2.75, 3.05) is 11.5 Å². The Kier molecular flexibility index (Phi) is 5.81. The molecular formula is C17H15Cl2FOS2. The van der Waals surface area contributed by atoms with Gasteiger partial charge in [-0.1, -0.05) is 41.4 Å². The SMILES string of the molecule is OC(c1ccc(F)cc1)c1c(Cl)ccc(C2SCCCS2)c1Cl. The van der Waals surface area contributed by atoms with Crippen LogP contribution in [-0.2, 0) is 0 Å². The molecule has 122 valence electrons. The highest BCUT2D eigenvalue weighted by Crippen LogP contribution is 2.48. The molecule has 23 heavy (non-hydrogen) atoms. The van der Waals surface area contributed by atoms with Crippen LogP contribution in [0, 0.1) is 5.82 Å². The molecule has 0 saturated carbocycles.